The molecule has 0 aliphatic rings. The SMILES string of the molecule is O=S(=O)([O-])c1cc(Nc2nc(Cl)nc(Cl)c2Cl)c2c(O)c(N=Nc3ccccc3S(=O)(=O)[O-])c(S(=O)(=O)[O-])cc2c1.[Na+].[Na+].[Na+]. The second kappa shape index (κ2) is 15.8. The molecule has 216 valence electrons. The van der Waals surface area contributed by atoms with Gasteiger partial charge in [-0.25, -0.2) is 30.2 Å². The number of anilines is 2. The topological polar surface area (TPSA) is 254 Å². The van der Waals surface area contributed by atoms with Gasteiger partial charge in [0.1, 0.15) is 46.8 Å². The van der Waals surface area contributed by atoms with Crippen LogP contribution in [0, 0.1) is 0 Å². The number of azo groups is 1. The number of fused-ring (bicyclic) bond motifs is 1. The maximum Gasteiger partial charge on any atom is 1.00 e. The van der Waals surface area contributed by atoms with E-state index in [2.05, 4.69) is 25.5 Å². The largest absolute Gasteiger partial charge is 1.00 e. The molecule has 2 N–H and O–H groups in total. The minimum absolute atomic E-state index is 0. The minimum atomic E-state index is -5.50. The van der Waals surface area contributed by atoms with Crippen LogP contribution in [0.2, 0.25) is 15.5 Å². The monoisotopic (exact) mass is 749 g/mol. The van der Waals surface area contributed by atoms with E-state index in [9.17, 15) is 44.0 Å². The third-order valence-electron chi connectivity index (χ3n) is 5.11. The van der Waals surface area contributed by atoms with Crippen LogP contribution < -0.4 is 94.0 Å². The minimum Gasteiger partial charge on any atom is -0.744 e. The molecular formula is C20H9Cl3N5Na3O10S3. The third kappa shape index (κ3) is 9.45. The summed E-state index contributed by atoms with van der Waals surface area (Å²) in [7, 11) is -15.8. The molecule has 4 aromatic rings. The van der Waals surface area contributed by atoms with E-state index in [0.717, 1.165) is 18.2 Å². The summed E-state index contributed by atoms with van der Waals surface area (Å²) in [5.74, 6) is -1.46. The summed E-state index contributed by atoms with van der Waals surface area (Å²) < 4.78 is 106. The van der Waals surface area contributed by atoms with Gasteiger partial charge in [0.15, 0.2) is 16.7 Å². The van der Waals surface area contributed by atoms with Crippen molar-refractivity contribution in [2.24, 2.45) is 10.2 Å². The van der Waals surface area contributed by atoms with Crippen LogP contribution in [0.5, 0.6) is 5.75 Å². The number of halogens is 3. The predicted molar refractivity (Wildman–Crippen MR) is 140 cm³/mol. The third-order valence-corrected chi connectivity index (χ3v) is 8.55. The van der Waals surface area contributed by atoms with Crippen molar-refractivity contribution in [1.82, 2.24) is 9.97 Å². The molecule has 3 aromatic carbocycles. The van der Waals surface area contributed by atoms with E-state index >= 15 is 0 Å². The number of phenols is 1. The van der Waals surface area contributed by atoms with Crippen molar-refractivity contribution < 1.29 is 133 Å². The summed E-state index contributed by atoms with van der Waals surface area (Å²) >= 11 is 17.7. The van der Waals surface area contributed by atoms with Crippen LogP contribution in [0.1, 0.15) is 0 Å². The maximum absolute atomic E-state index is 12.1. The van der Waals surface area contributed by atoms with Gasteiger partial charge in [-0.1, -0.05) is 35.3 Å². The Bertz CT molecular complexity index is 2130. The van der Waals surface area contributed by atoms with Gasteiger partial charge in [-0.05, 0) is 47.3 Å². The van der Waals surface area contributed by atoms with Gasteiger partial charge in [0.2, 0.25) is 5.28 Å². The molecule has 0 radical (unpaired) electrons. The Morgan fingerprint density at radius 3 is 1.93 bits per heavy atom. The molecule has 0 unspecified atom stereocenters. The summed E-state index contributed by atoms with van der Waals surface area (Å²) in [6.45, 7) is 0. The zero-order chi connectivity index (χ0) is 30.5. The standard InChI is InChI=1S/C20H12Cl3N5O10S3.3Na/c21-15-18(22)25-20(23)26-19(15)24-11-7-9(39(30,31)32)5-8-6-13(41(36,37)38)16(17(29)14(8)11)28-27-10-3-1-2-4-12(10)40(33,34)35;;;/h1-7,29H,(H,24,25,26)(H,30,31,32)(H,33,34,35)(H,36,37,38);;;/q;3*+1/p-3. The Labute approximate surface area is 330 Å². The smallest absolute Gasteiger partial charge is 0.744 e. The van der Waals surface area contributed by atoms with Gasteiger partial charge in [0.05, 0.1) is 20.4 Å². The van der Waals surface area contributed by atoms with Crippen molar-refractivity contribution in [2.45, 2.75) is 14.7 Å². The number of phenolic OH excluding ortho intramolecular Hbond substituents is 1. The molecule has 0 atom stereocenters. The molecular weight excluding hydrogens is 742 g/mol. The number of nitrogens with one attached hydrogen (secondary N) is 1. The first-order chi connectivity index (χ1) is 18.9. The number of hydrogen-bond acceptors (Lipinski definition) is 15. The molecule has 1 heterocycles. The average Bonchev–Trinajstić information content (AvgIpc) is 2.84. The molecule has 15 nitrogen and oxygen atoms in total. The van der Waals surface area contributed by atoms with Crippen LogP contribution in [-0.4, -0.2) is 54.0 Å². The fourth-order valence-electron chi connectivity index (χ4n) is 3.45. The van der Waals surface area contributed by atoms with E-state index in [1.54, 1.807) is 0 Å². The Kier molecular flexibility index (Phi) is 15.0. The predicted octanol–water partition coefficient (Wildman–Crippen LogP) is -4.82. The Morgan fingerprint density at radius 2 is 1.36 bits per heavy atom. The van der Waals surface area contributed by atoms with Crippen molar-refractivity contribution in [3.05, 3.63) is 57.9 Å². The van der Waals surface area contributed by atoms with Gasteiger partial charge in [-0.2, -0.15) is 4.98 Å². The molecule has 0 amide bonds. The molecule has 0 aliphatic carbocycles. The van der Waals surface area contributed by atoms with Crippen LogP contribution in [0.3, 0.4) is 0 Å². The molecule has 0 fully saturated rings. The van der Waals surface area contributed by atoms with Gasteiger partial charge < -0.3 is 24.1 Å². The number of aromatic hydroxyl groups is 1. The molecule has 24 heteroatoms. The molecule has 44 heavy (non-hydrogen) atoms. The van der Waals surface area contributed by atoms with E-state index in [1.807, 2.05) is 0 Å². The van der Waals surface area contributed by atoms with Gasteiger partial charge >= 0.3 is 88.7 Å². The van der Waals surface area contributed by atoms with Crippen LogP contribution in [-0.2, 0) is 30.4 Å². The van der Waals surface area contributed by atoms with Gasteiger partial charge in [0, 0.05) is 5.39 Å². The fourth-order valence-corrected chi connectivity index (χ4v) is 5.75. The Morgan fingerprint density at radius 1 is 0.773 bits per heavy atom. The van der Waals surface area contributed by atoms with Crippen LogP contribution >= 0.6 is 34.8 Å². The fraction of sp³-hybridized carbons (Fsp3) is 0. The van der Waals surface area contributed by atoms with Crippen molar-refractivity contribution in [3.63, 3.8) is 0 Å². The first-order valence-corrected chi connectivity index (χ1v) is 15.6. The summed E-state index contributed by atoms with van der Waals surface area (Å²) in [6.07, 6.45) is 0. The summed E-state index contributed by atoms with van der Waals surface area (Å²) in [4.78, 5) is 4.36. The molecule has 0 saturated carbocycles. The van der Waals surface area contributed by atoms with Gasteiger partial charge in [-0.15, -0.1) is 10.2 Å². The molecule has 0 bridgehead atoms. The normalized spacial score (nSPS) is 11.9. The van der Waals surface area contributed by atoms with Crippen molar-refractivity contribution in [1.29, 1.82) is 0 Å². The van der Waals surface area contributed by atoms with Crippen molar-refractivity contribution in [3.8, 4) is 5.75 Å². The maximum atomic E-state index is 12.1. The van der Waals surface area contributed by atoms with E-state index in [4.69, 9.17) is 34.8 Å². The van der Waals surface area contributed by atoms with E-state index in [1.165, 1.54) is 12.1 Å². The number of benzene rings is 3. The van der Waals surface area contributed by atoms with Crippen LogP contribution in [0.4, 0.5) is 22.9 Å². The van der Waals surface area contributed by atoms with Crippen LogP contribution in [0.25, 0.3) is 10.8 Å². The van der Waals surface area contributed by atoms with Gasteiger partial charge in [-0.3, -0.25) is 0 Å². The van der Waals surface area contributed by atoms with Gasteiger partial charge in [0.25, 0.3) is 0 Å². The molecule has 4 rings (SSSR count). The number of aromatic nitrogens is 2. The number of rotatable bonds is 7. The summed E-state index contributed by atoms with van der Waals surface area (Å²) in [5, 5.41) is 18.6. The second-order valence-electron chi connectivity index (χ2n) is 7.74. The van der Waals surface area contributed by atoms with E-state index < -0.39 is 83.9 Å². The average molecular weight is 751 g/mol. The Hall–Kier alpha value is -0.200. The molecule has 0 saturated heterocycles. The number of hydrogen-bond donors (Lipinski definition) is 2. The molecule has 1 aromatic heterocycles. The first-order valence-electron chi connectivity index (χ1n) is 10.3. The van der Waals surface area contributed by atoms with E-state index in [0.29, 0.717) is 12.1 Å². The number of nitrogens with zero attached hydrogens (tertiary/aromatic N) is 4. The quantitative estimate of drug-likeness (QED) is 0.0592. The summed E-state index contributed by atoms with van der Waals surface area (Å²) in [5.41, 5.74) is -2.05. The van der Waals surface area contributed by atoms with Crippen molar-refractivity contribution in [2.75, 3.05) is 5.32 Å². The second-order valence-corrected chi connectivity index (χ2v) is 12.9. The first kappa shape index (κ1) is 41.8. The van der Waals surface area contributed by atoms with Crippen LogP contribution in [0.15, 0.2) is 67.4 Å². The van der Waals surface area contributed by atoms with Crippen molar-refractivity contribution >= 4 is 98.8 Å². The molecule has 0 aliphatic heterocycles. The Balaban J connectivity index is 0.00000323. The molecule has 0 spiro atoms. The summed E-state index contributed by atoms with van der Waals surface area (Å²) in [6, 6.07) is 6.35. The zero-order valence-corrected chi connectivity index (χ0v) is 33.0. The zero-order valence-electron chi connectivity index (χ0n) is 22.3. The van der Waals surface area contributed by atoms with E-state index in [-0.39, 0.29) is 105 Å².